The highest BCUT2D eigenvalue weighted by atomic mass is 35.5. The Balaban J connectivity index is 1.70. The second-order valence-corrected chi connectivity index (χ2v) is 6.14. The lowest BCUT2D eigenvalue weighted by Crippen LogP contribution is -2.45. The van der Waals surface area contributed by atoms with Gasteiger partial charge in [-0.3, -0.25) is 30.2 Å². The summed E-state index contributed by atoms with van der Waals surface area (Å²) in [5.41, 5.74) is 10.9. The van der Waals surface area contributed by atoms with Crippen LogP contribution < -0.4 is 21.6 Å². The molecule has 0 radical (unpaired) electrons. The zero-order chi connectivity index (χ0) is 19.4. The van der Waals surface area contributed by atoms with Crippen LogP contribution in [0.25, 0.3) is 0 Å². The molecule has 0 fully saturated rings. The van der Waals surface area contributed by atoms with Gasteiger partial charge < -0.3 is 5.73 Å². The van der Waals surface area contributed by atoms with Crippen molar-refractivity contribution in [3.63, 3.8) is 0 Å². The number of nitrogens with zero attached hydrogens (tertiary/aromatic N) is 2. The second kappa shape index (κ2) is 7.88. The number of benzene rings is 2. The van der Waals surface area contributed by atoms with Crippen LogP contribution in [0.1, 0.15) is 16.8 Å². The summed E-state index contributed by atoms with van der Waals surface area (Å²) in [5, 5.41) is 5.84. The van der Waals surface area contributed by atoms with E-state index in [1.165, 1.54) is 11.1 Å². The Kier molecular flexibility index (Phi) is 5.37. The number of rotatable bonds is 4. The number of amides is 3. The van der Waals surface area contributed by atoms with Crippen molar-refractivity contribution in [1.82, 2.24) is 10.9 Å². The third kappa shape index (κ3) is 4.06. The van der Waals surface area contributed by atoms with Crippen LogP contribution in [-0.4, -0.2) is 29.5 Å². The average molecular weight is 386 g/mol. The summed E-state index contributed by atoms with van der Waals surface area (Å²) in [6.07, 6.45) is 0.0258. The summed E-state index contributed by atoms with van der Waals surface area (Å²) in [4.78, 5) is 36.2. The van der Waals surface area contributed by atoms with E-state index in [-0.39, 0.29) is 22.7 Å². The molecular formula is C18H16ClN5O3. The first kappa shape index (κ1) is 18.4. The molecule has 4 N–H and O–H groups in total. The standard InChI is InChI=1S/C18H16ClN5O3/c19-13-9-5-4-8-12(13)17(26)21-22-18(27)14-10-15(16(20)25)24(23-14)11-6-2-1-3-7-11/h1-9,15H,10H2,(H2,20,25)(H,21,26)(H,22,27). The molecule has 27 heavy (non-hydrogen) atoms. The molecule has 138 valence electrons. The normalized spacial score (nSPS) is 15.8. The van der Waals surface area contributed by atoms with Gasteiger partial charge in [0.15, 0.2) is 0 Å². The quantitative estimate of drug-likeness (QED) is 0.686. The maximum atomic E-state index is 12.3. The monoisotopic (exact) mass is 385 g/mol. The van der Waals surface area contributed by atoms with Gasteiger partial charge in [-0.1, -0.05) is 41.9 Å². The van der Waals surface area contributed by atoms with Crippen molar-refractivity contribution in [2.24, 2.45) is 10.8 Å². The number of primary amides is 1. The van der Waals surface area contributed by atoms with Gasteiger partial charge in [-0.05, 0) is 24.3 Å². The summed E-state index contributed by atoms with van der Waals surface area (Å²) in [5.74, 6) is -1.82. The Morgan fingerprint density at radius 1 is 1.00 bits per heavy atom. The number of carbonyl (C=O) groups excluding carboxylic acids is 3. The lowest BCUT2D eigenvalue weighted by Gasteiger charge is -2.20. The SMILES string of the molecule is NC(=O)C1CC(C(=O)NNC(=O)c2ccccc2Cl)=NN1c1ccccc1. The van der Waals surface area contributed by atoms with Crippen LogP contribution in [-0.2, 0) is 9.59 Å². The van der Waals surface area contributed by atoms with Crippen molar-refractivity contribution < 1.29 is 14.4 Å². The molecule has 1 aliphatic rings. The Bertz CT molecular complexity index is 916. The number of hydrogen-bond acceptors (Lipinski definition) is 5. The molecule has 0 aromatic heterocycles. The lowest BCUT2D eigenvalue weighted by atomic mass is 10.1. The average Bonchev–Trinajstić information content (AvgIpc) is 3.13. The number of halogens is 1. The molecule has 0 bridgehead atoms. The summed E-state index contributed by atoms with van der Waals surface area (Å²) in [6.45, 7) is 0. The van der Waals surface area contributed by atoms with Crippen molar-refractivity contribution in [3.8, 4) is 0 Å². The van der Waals surface area contributed by atoms with Crippen molar-refractivity contribution in [2.45, 2.75) is 12.5 Å². The van der Waals surface area contributed by atoms with Crippen LogP contribution in [0.4, 0.5) is 5.69 Å². The fourth-order valence-corrected chi connectivity index (χ4v) is 2.81. The number of hydrazone groups is 1. The zero-order valence-electron chi connectivity index (χ0n) is 14.1. The third-order valence-corrected chi connectivity index (χ3v) is 4.26. The maximum Gasteiger partial charge on any atom is 0.285 e. The third-order valence-electron chi connectivity index (χ3n) is 3.93. The van der Waals surface area contributed by atoms with E-state index in [0.717, 1.165) is 0 Å². The van der Waals surface area contributed by atoms with Crippen LogP contribution in [0, 0.1) is 0 Å². The van der Waals surface area contributed by atoms with Gasteiger partial charge in [0.25, 0.3) is 11.8 Å². The molecule has 0 aliphatic carbocycles. The fraction of sp³-hybridized carbons (Fsp3) is 0.111. The van der Waals surface area contributed by atoms with E-state index in [4.69, 9.17) is 17.3 Å². The predicted molar refractivity (Wildman–Crippen MR) is 101 cm³/mol. The number of carbonyl (C=O) groups is 3. The molecule has 9 heteroatoms. The highest BCUT2D eigenvalue weighted by Crippen LogP contribution is 2.24. The minimum absolute atomic E-state index is 0.0258. The van der Waals surface area contributed by atoms with Gasteiger partial charge in [-0.2, -0.15) is 5.10 Å². The fourth-order valence-electron chi connectivity index (χ4n) is 2.59. The van der Waals surface area contributed by atoms with Crippen LogP contribution in [0.3, 0.4) is 0 Å². The number of nitrogens with one attached hydrogen (secondary N) is 2. The molecule has 0 saturated heterocycles. The minimum atomic E-state index is -0.785. The smallest absolute Gasteiger partial charge is 0.285 e. The predicted octanol–water partition coefficient (Wildman–Crippen LogP) is 1.22. The van der Waals surface area contributed by atoms with E-state index in [9.17, 15) is 14.4 Å². The highest BCUT2D eigenvalue weighted by Gasteiger charge is 2.35. The van der Waals surface area contributed by atoms with Crippen LogP contribution in [0.5, 0.6) is 0 Å². The number of anilines is 1. The van der Waals surface area contributed by atoms with Gasteiger partial charge in [0.2, 0.25) is 5.91 Å². The highest BCUT2D eigenvalue weighted by molar-refractivity contribution is 6.40. The lowest BCUT2D eigenvalue weighted by molar-refractivity contribution is -0.119. The molecule has 2 aromatic rings. The first-order valence-corrected chi connectivity index (χ1v) is 8.41. The molecule has 2 aromatic carbocycles. The first-order chi connectivity index (χ1) is 13.0. The molecule has 0 saturated carbocycles. The molecule has 1 unspecified atom stereocenters. The van der Waals surface area contributed by atoms with E-state index in [1.807, 2.05) is 6.07 Å². The molecule has 8 nitrogen and oxygen atoms in total. The van der Waals surface area contributed by atoms with Crippen LogP contribution in [0.2, 0.25) is 5.02 Å². The molecular weight excluding hydrogens is 370 g/mol. The van der Waals surface area contributed by atoms with Crippen molar-refractivity contribution in [2.75, 3.05) is 5.01 Å². The van der Waals surface area contributed by atoms with E-state index >= 15 is 0 Å². The Hall–Kier alpha value is -3.39. The van der Waals surface area contributed by atoms with Crippen molar-refractivity contribution in [3.05, 3.63) is 65.2 Å². The Morgan fingerprint density at radius 2 is 1.63 bits per heavy atom. The Labute approximate surface area is 159 Å². The molecule has 3 amide bonds. The molecule has 0 spiro atoms. The van der Waals surface area contributed by atoms with Crippen molar-refractivity contribution >= 4 is 40.7 Å². The van der Waals surface area contributed by atoms with Gasteiger partial charge >= 0.3 is 0 Å². The largest absolute Gasteiger partial charge is 0.368 e. The number of nitrogens with two attached hydrogens (primary N) is 1. The molecule has 1 aliphatic heterocycles. The first-order valence-electron chi connectivity index (χ1n) is 8.03. The zero-order valence-corrected chi connectivity index (χ0v) is 14.8. The maximum absolute atomic E-state index is 12.3. The van der Waals surface area contributed by atoms with E-state index in [1.54, 1.807) is 42.5 Å². The van der Waals surface area contributed by atoms with Gasteiger partial charge in [0.05, 0.1) is 16.3 Å². The summed E-state index contributed by atoms with van der Waals surface area (Å²) in [7, 11) is 0. The van der Waals surface area contributed by atoms with Crippen LogP contribution in [0.15, 0.2) is 59.7 Å². The Morgan fingerprint density at radius 3 is 2.30 bits per heavy atom. The summed E-state index contributed by atoms with van der Waals surface area (Å²) < 4.78 is 0. The number of para-hydroxylation sites is 1. The van der Waals surface area contributed by atoms with E-state index in [0.29, 0.717) is 5.69 Å². The summed E-state index contributed by atoms with van der Waals surface area (Å²) >= 11 is 5.95. The van der Waals surface area contributed by atoms with E-state index < -0.39 is 23.8 Å². The van der Waals surface area contributed by atoms with Gasteiger partial charge in [-0.15, -0.1) is 0 Å². The van der Waals surface area contributed by atoms with Gasteiger partial charge in [0, 0.05) is 6.42 Å². The molecule has 1 heterocycles. The molecule has 1 atom stereocenters. The van der Waals surface area contributed by atoms with Gasteiger partial charge in [0.1, 0.15) is 11.8 Å². The number of hydrazine groups is 1. The summed E-state index contributed by atoms with van der Waals surface area (Å²) in [6, 6.07) is 14.5. The topological polar surface area (TPSA) is 117 Å². The second-order valence-electron chi connectivity index (χ2n) is 5.74. The van der Waals surface area contributed by atoms with Crippen LogP contribution >= 0.6 is 11.6 Å². The minimum Gasteiger partial charge on any atom is -0.368 e. The number of hydrogen-bond donors (Lipinski definition) is 3. The van der Waals surface area contributed by atoms with Gasteiger partial charge in [-0.25, -0.2) is 0 Å². The van der Waals surface area contributed by atoms with Crippen molar-refractivity contribution in [1.29, 1.82) is 0 Å². The molecule has 3 rings (SSSR count). The van der Waals surface area contributed by atoms with E-state index in [2.05, 4.69) is 16.0 Å².